The monoisotopic (exact) mass is 265 g/mol. The summed E-state index contributed by atoms with van der Waals surface area (Å²) in [4.78, 5) is 22.9. The van der Waals surface area contributed by atoms with E-state index in [0.29, 0.717) is 11.4 Å². The maximum absolute atomic E-state index is 11.8. The number of anilines is 2. The second kappa shape index (κ2) is 6.75. The molecule has 0 aliphatic rings. The molecule has 0 aromatic heterocycles. The third-order valence-corrected chi connectivity index (χ3v) is 2.58. The molecule has 1 atom stereocenters. The van der Waals surface area contributed by atoms with Crippen molar-refractivity contribution in [1.82, 2.24) is 0 Å². The lowest BCUT2D eigenvalue weighted by Gasteiger charge is -2.15. The first kappa shape index (κ1) is 15.0. The average molecular weight is 265 g/mol. The molecule has 0 saturated heterocycles. The van der Waals surface area contributed by atoms with Gasteiger partial charge in [0.15, 0.2) is 0 Å². The Bertz CT molecular complexity index is 460. The Morgan fingerprint density at radius 3 is 2.32 bits per heavy atom. The third kappa shape index (κ3) is 4.59. The second-order valence-corrected chi connectivity index (χ2v) is 4.46. The molecule has 0 saturated carbocycles. The highest BCUT2D eigenvalue weighted by Gasteiger charge is 2.17. The van der Waals surface area contributed by atoms with Crippen molar-refractivity contribution in [3.63, 3.8) is 0 Å². The van der Waals surface area contributed by atoms with E-state index in [9.17, 15) is 9.59 Å². The number of ether oxygens (including phenoxy) is 1. The molecule has 6 heteroatoms. The lowest BCUT2D eigenvalue weighted by atomic mass is 10.0. The maximum atomic E-state index is 11.8. The minimum absolute atomic E-state index is 0.0522. The number of methoxy groups -OCH3 is 1. The Labute approximate surface area is 112 Å². The van der Waals surface area contributed by atoms with E-state index in [1.807, 2.05) is 13.8 Å². The molecule has 6 nitrogen and oxygen atoms in total. The summed E-state index contributed by atoms with van der Waals surface area (Å²) >= 11 is 0. The molecule has 0 bridgehead atoms. The summed E-state index contributed by atoms with van der Waals surface area (Å²) in [6.45, 7) is 3.75. The van der Waals surface area contributed by atoms with E-state index in [2.05, 4.69) is 15.4 Å². The summed E-state index contributed by atoms with van der Waals surface area (Å²) in [5.74, 6) is -0.207. The highest BCUT2D eigenvalue weighted by Crippen LogP contribution is 2.16. The molecule has 104 valence electrons. The maximum Gasteiger partial charge on any atom is 0.411 e. The molecule has 1 aromatic rings. The van der Waals surface area contributed by atoms with Crippen molar-refractivity contribution >= 4 is 23.4 Å². The van der Waals surface area contributed by atoms with Gasteiger partial charge in [-0.3, -0.25) is 10.1 Å². The lowest BCUT2D eigenvalue weighted by Crippen LogP contribution is -2.39. The molecule has 0 radical (unpaired) electrons. The summed E-state index contributed by atoms with van der Waals surface area (Å²) in [7, 11) is 1.28. The minimum Gasteiger partial charge on any atom is -0.453 e. The van der Waals surface area contributed by atoms with Gasteiger partial charge in [0.25, 0.3) is 0 Å². The number of hydrogen-bond acceptors (Lipinski definition) is 4. The standard InChI is InChI=1S/C13H19N3O3/c1-8(2)11(14)12(17)15-9-5-4-6-10(7-9)16-13(18)19-3/h4-8,11H,14H2,1-3H3,(H,15,17)(H,16,18). The Balaban J connectivity index is 2.72. The summed E-state index contributed by atoms with van der Waals surface area (Å²) in [5.41, 5.74) is 6.84. The molecule has 1 unspecified atom stereocenters. The van der Waals surface area contributed by atoms with E-state index in [-0.39, 0.29) is 11.8 Å². The van der Waals surface area contributed by atoms with E-state index in [1.54, 1.807) is 24.3 Å². The summed E-state index contributed by atoms with van der Waals surface area (Å²) < 4.78 is 4.49. The van der Waals surface area contributed by atoms with E-state index in [1.165, 1.54) is 7.11 Å². The van der Waals surface area contributed by atoms with Crippen molar-refractivity contribution < 1.29 is 14.3 Å². The first-order valence-corrected chi connectivity index (χ1v) is 5.95. The number of carbonyl (C=O) groups excluding carboxylic acids is 2. The second-order valence-electron chi connectivity index (χ2n) is 4.46. The Hall–Kier alpha value is -2.08. The quantitative estimate of drug-likeness (QED) is 0.773. The molecule has 0 spiro atoms. The van der Waals surface area contributed by atoms with Crippen LogP contribution in [0.25, 0.3) is 0 Å². The van der Waals surface area contributed by atoms with Crippen LogP contribution in [-0.2, 0) is 9.53 Å². The fraction of sp³-hybridized carbons (Fsp3) is 0.385. The van der Waals surface area contributed by atoms with Crippen LogP contribution in [0, 0.1) is 5.92 Å². The van der Waals surface area contributed by atoms with E-state index >= 15 is 0 Å². The van der Waals surface area contributed by atoms with E-state index in [0.717, 1.165) is 0 Å². The summed E-state index contributed by atoms with van der Waals surface area (Å²) in [5, 5.41) is 5.21. The van der Waals surface area contributed by atoms with Crippen LogP contribution >= 0.6 is 0 Å². The molecule has 1 rings (SSSR count). The molecule has 2 amide bonds. The van der Waals surface area contributed by atoms with Gasteiger partial charge in [0, 0.05) is 11.4 Å². The van der Waals surface area contributed by atoms with Gasteiger partial charge in [-0.25, -0.2) is 4.79 Å². The third-order valence-electron chi connectivity index (χ3n) is 2.58. The minimum atomic E-state index is -0.572. The molecule has 4 N–H and O–H groups in total. The predicted octanol–water partition coefficient (Wildman–Crippen LogP) is 1.79. The first-order chi connectivity index (χ1) is 8.93. The largest absolute Gasteiger partial charge is 0.453 e. The van der Waals surface area contributed by atoms with Gasteiger partial charge in [-0.15, -0.1) is 0 Å². The van der Waals surface area contributed by atoms with Crippen molar-refractivity contribution in [3.8, 4) is 0 Å². The zero-order valence-corrected chi connectivity index (χ0v) is 11.3. The molecule has 0 aliphatic carbocycles. The number of nitrogens with one attached hydrogen (secondary N) is 2. The zero-order valence-electron chi connectivity index (χ0n) is 11.3. The van der Waals surface area contributed by atoms with Crippen LogP contribution in [0.5, 0.6) is 0 Å². The van der Waals surface area contributed by atoms with Crippen LogP contribution in [0.2, 0.25) is 0 Å². The molecule has 1 aromatic carbocycles. The highest BCUT2D eigenvalue weighted by atomic mass is 16.5. The Morgan fingerprint density at radius 2 is 1.79 bits per heavy atom. The van der Waals surface area contributed by atoms with Gasteiger partial charge in [-0.2, -0.15) is 0 Å². The normalized spacial score (nSPS) is 11.8. The SMILES string of the molecule is COC(=O)Nc1cccc(NC(=O)C(N)C(C)C)c1. The van der Waals surface area contributed by atoms with Gasteiger partial charge in [-0.05, 0) is 24.1 Å². The van der Waals surface area contributed by atoms with Gasteiger partial charge in [0.05, 0.1) is 13.2 Å². The van der Waals surface area contributed by atoms with Gasteiger partial charge in [-0.1, -0.05) is 19.9 Å². The van der Waals surface area contributed by atoms with Gasteiger partial charge in [0.2, 0.25) is 5.91 Å². The van der Waals surface area contributed by atoms with Gasteiger partial charge < -0.3 is 15.8 Å². The highest BCUT2D eigenvalue weighted by molar-refractivity contribution is 5.95. The molecule has 19 heavy (non-hydrogen) atoms. The predicted molar refractivity (Wildman–Crippen MR) is 73.9 cm³/mol. The molecule has 0 aliphatic heterocycles. The van der Waals surface area contributed by atoms with E-state index < -0.39 is 12.1 Å². The van der Waals surface area contributed by atoms with Crippen molar-refractivity contribution in [2.24, 2.45) is 11.7 Å². The number of benzene rings is 1. The molecular weight excluding hydrogens is 246 g/mol. The smallest absolute Gasteiger partial charge is 0.411 e. The van der Waals surface area contributed by atoms with Crippen LogP contribution in [0.15, 0.2) is 24.3 Å². The topological polar surface area (TPSA) is 93.5 Å². The number of hydrogen-bond donors (Lipinski definition) is 3. The van der Waals surface area contributed by atoms with Crippen LogP contribution in [0.4, 0.5) is 16.2 Å². The Morgan fingerprint density at radius 1 is 1.21 bits per heavy atom. The summed E-state index contributed by atoms with van der Waals surface area (Å²) in [6, 6.07) is 6.17. The van der Waals surface area contributed by atoms with Crippen molar-refractivity contribution in [3.05, 3.63) is 24.3 Å². The lowest BCUT2D eigenvalue weighted by molar-refractivity contribution is -0.118. The first-order valence-electron chi connectivity index (χ1n) is 5.95. The summed E-state index contributed by atoms with van der Waals surface area (Å²) in [6.07, 6.45) is -0.567. The van der Waals surface area contributed by atoms with Crippen LogP contribution in [-0.4, -0.2) is 25.2 Å². The van der Waals surface area contributed by atoms with Crippen molar-refractivity contribution in [1.29, 1.82) is 0 Å². The number of carbonyl (C=O) groups is 2. The molecular formula is C13H19N3O3. The van der Waals surface area contributed by atoms with E-state index in [4.69, 9.17) is 5.73 Å². The average Bonchev–Trinajstić information content (AvgIpc) is 2.37. The van der Waals surface area contributed by atoms with Gasteiger partial charge in [0.1, 0.15) is 0 Å². The zero-order chi connectivity index (χ0) is 14.4. The van der Waals surface area contributed by atoms with Crippen molar-refractivity contribution in [2.75, 3.05) is 17.7 Å². The van der Waals surface area contributed by atoms with Crippen LogP contribution in [0.1, 0.15) is 13.8 Å². The number of rotatable bonds is 4. The Kier molecular flexibility index (Phi) is 5.32. The molecule has 0 heterocycles. The fourth-order valence-electron chi connectivity index (χ4n) is 1.37. The fourth-order valence-corrected chi connectivity index (χ4v) is 1.37. The van der Waals surface area contributed by atoms with Crippen LogP contribution < -0.4 is 16.4 Å². The number of amides is 2. The molecule has 0 fully saturated rings. The van der Waals surface area contributed by atoms with Gasteiger partial charge >= 0.3 is 6.09 Å². The van der Waals surface area contributed by atoms with Crippen molar-refractivity contribution in [2.45, 2.75) is 19.9 Å². The van der Waals surface area contributed by atoms with Crippen LogP contribution in [0.3, 0.4) is 0 Å². The number of nitrogens with two attached hydrogens (primary N) is 1.